The molecular formula is C33H32BrN3O3. The Kier molecular flexibility index (Phi) is 8.31. The van der Waals surface area contributed by atoms with Crippen LogP contribution in [0.15, 0.2) is 95.5 Å². The molecule has 0 radical (unpaired) electrons. The normalized spacial score (nSPS) is 13.1. The van der Waals surface area contributed by atoms with E-state index in [-0.39, 0.29) is 36.7 Å². The summed E-state index contributed by atoms with van der Waals surface area (Å²) >= 11 is 3.53. The van der Waals surface area contributed by atoms with E-state index in [9.17, 15) is 14.4 Å². The van der Waals surface area contributed by atoms with Gasteiger partial charge in [0.1, 0.15) is 12.6 Å². The molecule has 7 heteroatoms. The Morgan fingerprint density at radius 2 is 1.60 bits per heavy atom. The van der Waals surface area contributed by atoms with Crippen molar-refractivity contribution in [3.8, 4) is 0 Å². The highest BCUT2D eigenvalue weighted by molar-refractivity contribution is 9.10. The second-order valence-electron chi connectivity index (χ2n) is 10.6. The van der Waals surface area contributed by atoms with E-state index in [1.165, 1.54) is 0 Å². The molecule has 6 nitrogen and oxygen atoms in total. The Morgan fingerprint density at radius 3 is 2.33 bits per heavy atom. The van der Waals surface area contributed by atoms with Crippen LogP contribution in [0.25, 0.3) is 10.8 Å². The molecule has 5 rings (SSSR count). The average molecular weight is 599 g/mol. The molecule has 3 amide bonds. The van der Waals surface area contributed by atoms with Crippen molar-refractivity contribution in [3.05, 3.63) is 112 Å². The molecule has 0 unspecified atom stereocenters. The number of benzene rings is 4. The number of anilines is 1. The third-order valence-corrected chi connectivity index (χ3v) is 7.63. The SMILES string of the molecule is CC(C)CNC(=O)[C@@H](Cc1ccccc1)N(Cc1cccc(Br)c1)C(=O)CN1C(=O)c2cccc3cccc1c23. The first-order valence-corrected chi connectivity index (χ1v) is 14.3. The van der Waals surface area contributed by atoms with Crippen molar-refractivity contribution in [1.82, 2.24) is 10.2 Å². The van der Waals surface area contributed by atoms with Crippen LogP contribution in [0.2, 0.25) is 0 Å². The van der Waals surface area contributed by atoms with Gasteiger partial charge in [0.15, 0.2) is 0 Å². The van der Waals surface area contributed by atoms with Crippen molar-refractivity contribution in [3.63, 3.8) is 0 Å². The van der Waals surface area contributed by atoms with Crippen LogP contribution in [-0.4, -0.2) is 41.8 Å². The molecule has 0 fully saturated rings. The molecule has 4 aromatic carbocycles. The molecule has 1 aliphatic rings. The molecule has 0 aliphatic carbocycles. The number of carbonyl (C=O) groups is 3. The first kappa shape index (κ1) is 27.6. The van der Waals surface area contributed by atoms with Gasteiger partial charge in [0.05, 0.1) is 5.69 Å². The smallest absolute Gasteiger partial charge is 0.259 e. The highest BCUT2D eigenvalue weighted by Crippen LogP contribution is 2.37. The second kappa shape index (κ2) is 12.0. The number of hydrogen-bond donors (Lipinski definition) is 1. The number of amides is 3. The van der Waals surface area contributed by atoms with Crippen molar-refractivity contribution >= 4 is 50.1 Å². The summed E-state index contributed by atoms with van der Waals surface area (Å²) in [7, 11) is 0. The minimum absolute atomic E-state index is 0.163. The molecule has 1 N–H and O–H groups in total. The van der Waals surface area contributed by atoms with Crippen LogP contribution in [0.3, 0.4) is 0 Å². The minimum Gasteiger partial charge on any atom is -0.354 e. The Hall–Kier alpha value is -3.97. The summed E-state index contributed by atoms with van der Waals surface area (Å²) in [6.07, 6.45) is 0.355. The van der Waals surface area contributed by atoms with Gasteiger partial charge in [-0.2, -0.15) is 0 Å². The maximum Gasteiger partial charge on any atom is 0.259 e. The van der Waals surface area contributed by atoms with E-state index < -0.39 is 6.04 Å². The van der Waals surface area contributed by atoms with Crippen LogP contribution in [-0.2, 0) is 22.6 Å². The van der Waals surface area contributed by atoms with Crippen LogP contribution < -0.4 is 10.2 Å². The number of hydrogen-bond acceptors (Lipinski definition) is 3. The lowest BCUT2D eigenvalue weighted by molar-refractivity contribution is -0.140. The zero-order valence-electron chi connectivity index (χ0n) is 22.6. The van der Waals surface area contributed by atoms with Gasteiger partial charge >= 0.3 is 0 Å². The number of nitrogens with zero attached hydrogens (tertiary/aromatic N) is 2. The summed E-state index contributed by atoms with van der Waals surface area (Å²) in [5.41, 5.74) is 3.15. The first-order valence-electron chi connectivity index (χ1n) is 13.5. The molecule has 0 saturated heterocycles. The van der Waals surface area contributed by atoms with Crippen molar-refractivity contribution in [2.45, 2.75) is 32.9 Å². The van der Waals surface area contributed by atoms with Crippen LogP contribution >= 0.6 is 15.9 Å². The van der Waals surface area contributed by atoms with Crippen molar-refractivity contribution in [2.24, 2.45) is 5.92 Å². The van der Waals surface area contributed by atoms with Gasteiger partial charge in [-0.05, 0) is 46.7 Å². The Bertz CT molecular complexity index is 1550. The van der Waals surface area contributed by atoms with Gasteiger partial charge in [0, 0.05) is 34.9 Å². The minimum atomic E-state index is -0.761. The molecule has 1 heterocycles. The Balaban J connectivity index is 1.50. The lowest BCUT2D eigenvalue weighted by Crippen LogP contribution is -2.53. The van der Waals surface area contributed by atoms with Gasteiger partial charge in [0.25, 0.3) is 5.91 Å². The summed E-state index contributed by atoms with van der Waals surface area (Å²) in [6, 6.07) is 28.0. The van der Waals surface area contributed by atoms with E-state index in [0.29, 0.717) is 18.5 Å². The zero-order valence-corrected chi connectivity index (χ0v) is 24.2. The molecule has 0 bridgehead atoms. The lowest BCUT2D eigenvalue weighted by Gasteiger charge is -2.33. The lowest BCUT2D eigenvalue weighted by atomic mass is 10.0. The highest BCUT2D eigenvalue weighted by atomic mass is 79.9. The quantitative estimate of drug-likeness (QED) is 0.245. The molecule has 4 aromatic rings. The highest BCUT2D eigenvalue weighted by Gasteiger charge is 2.35. The van der Waals surface area contributed by atoms with Gasteiger partial charge in [-0.25, -0.2) is 0 Å². The summed E-state index contributed by atoms with van der Waals surface area (Å²) in [5.74, 6) is -0.444. The molecule has 1 aliphatic heterocycles. The fourth-order valence-electron chi connectivity index (χ4n) is 5.17. The van der Waals surface area contributed by atoms with E-state index >= 15 is 0 Å². The average Bonchev–Trinajstić information content (AvgIpc) is 3.22. The van der Waals surface area contributed by atoms with E-state index in [4.69, 9.17) is 0 Å². The van der Waals surface area contributed by atoms with Crippen LogP contribution in [0.1, 0.15) is 35.3 Å². The fraction of sp³-hybridized carbons (Fsp3) is 0.242. The predicted octanol–water partition coefficient (Wildman–Crippen LogP) is 5.97. The standard InChI is InChI=1S/C33H32BrN3O3/c1-22(2)19-35-32(39)29(18-23-9-4-3-5-10-23)36(20-24-11-6-14-26(34)17-24)30(38)21-37-28-16-8-13-25-12-7-15-27(31(25)28)33(37)40/h3-17,22,29H,18-21H2,1-2H3,(H,35,39)/t29-/m1/s1. The molecule has 0 saturated carbocycles. The van der Waals surface area contributed by atoms with Gasteiger partial charge < -0.3 is 10.2 Å². The van der Waals surface area contributed by atoms with Gasteiger partial charge in [-0.3, -0.25) is 19.3 Å². The van der Waals surface area contributed by atoms with Crippen LogP contribution in [0.4, 0.5) is 5.69 Å². The summed E-state index contributed by atoms with van der Waals surface area (Å²) in [5, 5.41) is 4.86. The Morgan fingerprint density at radius 1 is 0.900 bits per heavy atom. The Labute approximate surface area is 243 Å². The van der Waals surface area contributed by atoms with E-state index in [1.807, 2.05) is 98.8 Å². The topological polar surface area (TPSA) is 69.7 Å². The monoisotopic (exact) mass is 597 g/mol. The molecule has 0 spiro atoms. The fourth-order valence-corrected chi connectivity index (χ4v) is 5.62. The van der Waals surface area contributed by atoms with E-state index in [1.54, 1.807) is 15.9 Å². The number of carbonyl (C=O) groups excluding carboxylic acids is 3. The molecule has 204 valence electrons. The molecule has 40 heavy (non-hydrogen) atoms. The third kappa shape index (κ3) is 5.94. The largest absolute Gasteiger partial charge is 0.354 e. The first-order chi connectivity index (χ1) is 19.3. The number of nitrogens with one attached hydrogen (secondary N) is 1. The van der Waals surface area contributed by atoms with Gasteiger partial charge in [-0.1, -0.05) is 96.5 Å². The molecule has 0 aromatic heterocycles. The number of rotatable bonds is 10. The maximum absolute atomic E-state index is 14.2. The van der Waals surface area contributed by atoms with E-state index in [0.717, 1.165) is 32.1 Å². The van der Waals surface area contributed by atoms with Gasteiger partial charge in [-0.15, -0.1) is 0 Å². The summed E-state index contributed by atoms with van der Waals surface area (Å²) in [6.45, 7) is 4.64. The van der Waals surface area contributed by atoms with E-state index in [2.05, 4.69) is 21.2 Å². The number of halogens is 1. The summed E-state index contributed by atoms with van der Waals surface area (Å²) < 4.78 is 0.887. The third-order valence-electron chi connectivity index (χ3n) is 7.14. The van der Waals surface area contributed by atoms with Crippen molar-refractivity contribution in [2.75, 3.05) is 18.0 Å². The van der Waals surface area contributed by atoms with Crippen molar-refractivity contribution in [1.29, 1.82) is 0 Å². The predicted molar refractivity (Wildman–Crippen MR) is 162 cm³/mol. The second-order valence-corrected chi connectivity index (χ2v) is 11.5. The van der Waals surface area contributed by atoms with Crippen molar-refractivity contribution < 1.29 is 14.4 Å². The zero-order chi connectivity index (χ0) is 28.2. The maximum atomic E-state index is 14.2. The summed E-state index contributed by atoms with van der Waals surface area (Å²) in [4.78, 5) is 44.6. The molecule has 1 atom stereocenters. The molecular weight excluding hydrogens is 566 g/mol. The van der Waals surface area contributed by atoms with Gasteiger partial charge in [0.2, 0.25) is 11.8 Å². The van der Waals surface area contributed by atoms with Crippen LogP contribution in [0.5, 0.6) is 0 Å². The van der Waals surface area contributed by atoms with Crippen LogP contribution in [0, 0.1) is 5.92 Å².